The van der Waals surface area contributed by atoms with E-state index in [-0.39, 0.29) is 17.4 Å². The average Bonchev–Trinajstić information content (AvgIpc) is 2.28. The van der Waals surface area contributed by atoms with Crippen molar-refractivity contribution in [2.24, 2.45) is 0 Å². The van der Waals surface area contributed by atoms with Gasteiger partial charge in [-0.15, -0.1) is 0 Å². The van der Waals surface area contributed by atoms with E-state index in [1.54, 1.807) is 6.92 Å². The van der Waals surface area contributed by atoms with Crippen molar-refractivity contribution in [2.75, 3.05) is 6.54 Å². The lowest BCUT2D eigenvalue weighted by atomic mass is 9.98. The Morgan fingerprint density at radius 1 is 1.47 bits per heavy atom. The Morgan fingerprint density at radius 3 is 2.60 bits per heavy atom. The number of carbonyl (C=O) groups is 2. The zero-order valence-corrected chi connectivity index (χ0v) is 9.96. The van der Waals surface area contributed by atoms with Crippen LogP contribution in [0.2, 0.25) is 0 Å². The molecule has 4 nitrogen and oxygen atoms in total. The van der Waals surface area contributed by atoms with Gasteiger partial charge < -0.3 is 10.2 Å². The Balaban J connectivity index is 2.88. The SMILES string of the molecule is CCC(C)(C)N1CCC(=O)NC(C)C1=O. The van der Waals surface area contributed by atoms with Gasteiger partial charge in [-0.2, -0.15) is 0 Å². The third-order valence-corrected chi connectivity index (χ3v) is 3.17. The van der Waals surface area contributed by atoms with Gasteiger partial charge in [-0.25, -0.2) is 0 Å². The van der Waals surface area contributed by atoms with Crippen molar-refractivity contribution in [2.45, 2.75) is 52.1 Å². The molecule has 0 aromatic carbocycles. The fraction of sp³-hybridized carbons (Fsp3) is 0.818. The summed E-state index contributed by atoms with van der Waals surface area (Å²) in [6.07, 6.45) is 1.29. The Kier molecular flexibility index (Phi) is 3.37. The predicted octanol–water partition coefficient (Wildman–Crippen LogP) is 0.912. The summed E-state index contributed by atoms with van der Waals surface area (Å²) in [5.41, 5.74) is -0.169. The van der Waals surface area contributed by atoms with Gasteiger partial charge in [-0.3, -0.25) is 9.59 Å². The first kappa shape index (κ1) is 12.0. The summed E-state index contributed by atoms with van der Waals surface area (Å²) < 4.78 is 0. The van der Waals surface area contributed by atoms with Gasteiger partial charge in [-0.1, -0.05) is 6.92 Å². The summed E-state index contributed by atoms with van der Waals surface area (Å²) in [5, 5.41) is 2.69. The zero-order valence-electron chi connectivity index (χ0n) is 9.96. The largest absolute Gasteiger partial charge is 0.345 e. The highest BCUT2D eigenvalue weighted by atomic mass is 16.2. The highest BCUT2D eigenvalue weighted by Gasteiger charge is 2.34. The third-order valence-electron chi connectivity index (χ3n) is 3.17. The fourth-order valence-electron chi connectivity index (χ4n) is 1.72. The second-order valence-corrected chi connectivity index (χ2v) is 4.70. The topological polar surface area (TPSA) is 49.4 Å². The van der Waals surface area contributed by atoms with Crippen LogP contribution in [0.1, 0.15) is 40.5 Å². The summed E-state index contributed by atoms with van der Waals surface area (Å²) in [6, 6.07) is -0.397. The van der Waals surface area contributed by atoms with Crippen LogP contribution < -0.4 is 5.32 Å². The number of amides is 2. The molecule has 0 aliphatic carbocycles. The molecular weight excluding hydrogens is 192 g/mol. The van der Waals surface area contributed by atoms with E-state index in [9.17, 15) is 9.59 Å². The van der Waals surface area contributed by atoms with Crippen LogP contribution in [-0.4, -0.2) is 34.8 Å². The van der Waals surface area contributed by atoms with E-state index >= 15 is 0 Å². The Bertz CT molecular complexity index is 274. The highest BCUT2D eigenvalue weighted by Crippen LogP contribution is 2.21. The summed E-state index contributed by atoms with van der Waals surface area (Å²) in [7, 11) is 0. The predicted molar refractivity (Wildman–Crippen MR) is 58.3 cm³/mol. The Morgan fingerprint density at radius 2 is 2.07 bits per heavy atom. The quantitative estimate of drug-likeness (QED) is 0.739. The minimum Gasteiger partial charge on any atom is -0.345 e. The van der Waals surface area contributed by atoms with Gasteiger partial charge >= 0.3 is 0 Å². The maximum absolute atomic E-state index is 12.0. The van der Waals surface area contributed by atoms with Gasteiger partial charge in [0.25, 0.3) is 0 Å². The summed E-state index contributed by atoms with van der Waals surface area (Å²) in [5.74, 6) is -0.0158. The van der Waals surface area contributed by atoms with Gasteiger partial charge in [0.05, 0.1) is 0 Å². The Hall–Kier alpha value is -1.06. The maximum atomic E-state index is 12.0. The van der Waals surface area contributed by atoms with E-state index in [0.29, 0.717) is 13.0 Å². The standard InChI is InChI=1S/C11H20N2O2/c1-5-11(3,4)13-7-6-9(14)12-8(2)10(13)15/h8H,5-7H2,1-4H3,(H,12,14). The molecule has 1 atom stereocenters. The van der Waals surface area contributed by atoms with Crippen molar-refractivity contribution >= 4 is 11.8 Å². The first-order valence-electron chi connectivity index (χ1n) is 5.49. The van der Waals surface area contributed by atoms with Gasteiger partial charge in [0.1, 0.15) is 6.04 Å². The van der Waals surface area contributed by atoms with E-state index in [0.717, 1.165) is 6.42 Å². The second-order valence-electron chi connectivity index (χ2n) is 4.70. The first-order chi connectivity index (χ1) is 6.88. The lowest BCUT2D eigenvalue weighted by molar-refractivity contribution is -0.137. The molecular formula is C11H20N2O2. The van der Waals surface area contributed by atoms with Crippen LogP contribution in [0.3, 0.4) is 0 Å². The van der Waals surface area contributed by atoms with Crippen molar-refractivity contribution in [3.05, 3.63) is 0 Å². The number of nitrogens with zero attached hydrogens (tertiary/aromatic N) is 1. The van der Waals surface area contributed by atoms with Crippen LogP contribution >= 0.6 is 0 Å². The van der Waals surface area contributed by atoms with E-state index < -0.39 is 6.04 Å². The number of nitrogens with one attached hydrogen (secondary N) is 1. The Labute approximate surface area is 91.0 Å². The molecule has 0 spiro atoms. The molecule has 4 heteroatoms. The monoisotopic (exact) mass is 212 g/mol. The minimum absolute atomic E-state index is 0.0210. The molecule has 1 unspecified atom stereocenters. The maximum Gasteiger partial charge on any atom is 0.245 e. The van der Waals surface area contributed by atoms with Crippen molar-refractivity contribution < 1.29 is 9.59 Å². The molecule has 1 rings (SSSR count). The summed E-state index contributed by atoms with van der Waals surface area (Å²) in [4.78, 5) is 25.1. The van der Waals surface area contributed by atoms with Crippen molar-refractivity contribution in [1.29, 1.82) is 0 Å². The molecule has 1 saturated heterocycles. The minimum atomic E-state index is -0.397. The number of carbonyl (C=O) groups excluding carboxylic acids is 2. The molecule has 1 aliphatic heterocycles. The molecule has 15 heavy (non-hydrogen) atoms. The van der Waals surface area contributed by atoms with Crippen molar-refractivity contribution in [3.8, 4) is 0 Å². The van der Waals surface area contributed by atoms with Gasteiger partial charge in [-0.05, 0) is 27.2 Å². The fourth-order valence-corrected chi connectivity index (χ4v) is 1.72. The number of hydrogen-bond acceptors (Lipinski definition) is 2. The summed E-state index contributed by atoms with van der Waals surface area (Å²) >= 11 is 0. The van der Waals surface area contributed by atoms with Crippen molar-refractivity contribution in [1.82, 2.24) is 10.2 Å². The molecule has 0 radical (unpaired) electrons. The molecule has 0 aromatic rings. The molecule has 1 N–H and O–H groups in total. The number of hydrogen-bond donors (Lipinski definition) is 1. The molecule has 0 saturated carbocycles. The molecule has 2 amide bonds. The van der Waals surface area contributed by atoms with Crippen LogP contribution in [0.5, 0.6) is 0 Å². The second kappa shape index (κ2) is 4.21. The lowest BCUT2D eigenvalue weighted by Gasteiger charge is -2.38. The first-order valence-corrected chi connectivity index (χ1v) is 5.49. The van der Waals surface area contributed by atoms with Crippen LogP contribution in [0.4, 0.5) is 0 Å². The van der Waals surface area contributed by atoms with Crippen LogP contribution in [0, 0.1) is 0 Å². The van der Waals surface area contributed by atoms with Crippen molar-refractivity contribution in [3.63, 3.8) is 0 Å². The van der Waals surface area contributed by atoms with E-state index in [4.69, 9.17) is 0 Å². The van der Waals surface area contributed by atoms with Crippen LogP contribution in [0.15, 0.2) is 0 Å². The third kappa shape index (κ3) is 2.49. The normalized spacial score (nSPS) is 23.7. The van der Waals surface area contributed by atoms with Crippen LogP contribution in [-0.2, 0) is 9.59 Å². The number of rotatable bonds is 2. The van der Waals surface area contributed by atoms with Gasteiger partial charge in [0.15, 0.2) is 0 Å². The van der Waals surface area contributed by atoms with E-state index in [1.807, 2.05) is 18.7 Å². The molecule has 1 fully saturated rings. The molecule has 1 aliphatic rings. The summed E-state index contributed by atoms with van der Waals surface area (Å²) in [6.45, 7) is 8.39. The highest BCUT2D eigenvalue weighted by molar-refractivity contribution is 5.90. The molecule has 1 heterocycles. The van der Waals surface area contributed by atoms with Crippen LogP contribution in [0.25, 0.3) is 0 Å². The smallest absolute Gasteiger partial charge is 0.245 e. The van der Waals surface area contributed by atoms with E-state index in [2.05, 4.69) is 12.2 Å². The molecule has 0 bridgehead atoms. The lowest BCUT2D eigenvalue weighted by Crippen LogP contribution is -2.51. The molecule has 86 valence electrons. The van der Waals surface area contributed by atoms with Gasteiger partial charge in [0.2, 0.25) is 11.8 Å². The van der Waals surface area contributed by atoms with Gasteiger partial charge in [0, 0.05) is 18.5 Å². The zero-order chi connectivity index (χ0) is 11.6. The van der Waals surface area contributed by atoms with E-state index in [1.165, 1.54) is 0 Å². The average molecular weight is 212 g/mol. The molecule has 0 aromatic heterocycles.